The van der Waals surface area contributed by atoms with E-state index < -0.39 is 5.92 Å². The van der Waals surface area contributed by atoms with Gasteiger partial charge in [0.2, 0.25) is 0 Å². The summed E-state index contributed by atoms with van der Waals surface area (Å²) in [7, 11) is 0. The van der Waals surface area contributed by atoms with Crippen LogP contribution < -0.4 is 0 Å². The average Bonchev–Trinajstić information content (AvgIpc) is 2.82. The van der Waals surface area contributed by atoms with Crippen LogP contribution in [-0.4, -0.2) is 11.9 Å². The highest BCUT2D eigenvalue weighted by molar-refractivity contribution is 5.80. The molecule has 2 aromatic carbocycles. The van der Waals surface area contributed by atoms with Gasteiger partial charge in [-0.2, -0.15) is 0 Å². The lowest BCUT2D eigenvalue weighted by atomic mass is 9.85. The summed E-state index contributed by atoms with van der Waals surface area (Å²) < 4.78 is 11.1. The van der Waals surface area contributed by atoms with Gasteiger partial charge in [0, 0.05) is 0 Å². The highest BCUT2D eigenvalue weighted by Gasteiger charge is 2.27. The Morgan fingerprint density at radius 2 is 1.34 bits per heavy atom. The van der Waals surface area contributed by atoms with E-state index in [1.807, 2.05) is 60.7 Å². The van der Waals surface area contributed by atoms with E-state index in [-0.39, 0.29) is 31.6 Å². The summed E-state index contributed by atoms with van der Waals surface area (Å²) in [5.74, 6) is -0.704. The van der Waals surface area contributed by atoms with E-state index in [4.69, 9.17) is 9.47 Å². The van der Waals surface area contributed by atoms with Gasteiger partial charge in [0.25, 0.3) is 0 Å². The predicted molar refractivity (Wildman–Crippen MR) is 128 cm³/mol. The molecule has 0 amide bonds. The maximum Gasteiger partial charge on any atom is 0.309 e. The topological polar surface area (TPSA) is 52.6 Å². The summed E-state index contributed by atoms with van der Waals surface area (Å²) >= 11 is 0. The Morgan fingerprint density at radius 1 is 0.750 bits per heavy atom. The number of rotatable bonds is 15. The fourth-order valence-electron chi connectivity index (χ4n) is 3.98. The SMILES string of the molecule is CCCCCC(CCC)CC(CC(=O)OCc1ccccc1)C(=O)OCc1ccccc1. The van der Waals surface area contributed by atoms with Crippen LogP contribution in [0.4, 0.5) is 0 Å². The molecule has 0 aliphatic rings. The molecule has 0 aliphatic heterocycles. The van der Waals surface area contributed by atoms with Gasteiger partial charge in [0.1, 0.15) is 13.2 Å². The number of carbonyl (C=O) groups excluding carboxylic acids is 2. The van der Waals surface area contributed by atoms with Crippen LogP contribution in [0.1, 0.15) is 76.3 Å². The van der Waals surface area contributed by atoms with Gasteiger partial charge in [-0.25, -0.2) is 0 Å². The van der Waals surface area contributed by atoms with Crippen molar-refractivity contribution >= 4 is 11.9 Å². The first-order valence-corrected chi connectivity index (χ1v) is 12.0. The van der Waals surface area contributed by atoms with Crippen molar-refractivity contribution in [3.63, 3.8) is 0 Å². The molecule has 0 aliphatic carbocycles. The number of hydrogen-bond donors (Lipinski definition) is 0. The lowest BCUT2D eigenvalue weighted by molar-refractivity contribution is -0.157. The minimum atomic E-state index is -0.472. The number of carbonyl (C=O) groups is 2. The van der Waals surface area contributed by atoms with Crippen LogP contribution in [0, 0.1) is 11.8 Å². The monoisotopic (exact) mass is 438 g/mol. The largest absolute Gasteiger partial charge is 0.461 e. The second-order valence-corrected chi connectivity index (χ2v) is 8.53. The molecule has 0 radical (unpaired) electrons. The van der Waals surface area contributed by atoms with E-state index in [9.17, 15) is 9.59 Å². The minimum Gasteiger partial charge on any atom is -0.461 e. The molecule has 2 atom stereocenters. The van der Waals surface area contributed by atoms with Crippen molar-refractivity contribution in [1.29, 1.82) is 0 Å². The van der Waals surface area contributed by atoms with Crippen LogP contribution >= 0.6 is 0 Å². The molecule has 0 bridgehead atoms. The van der Waals surface area contributed by atoms with Crippen molar-refractivity contribution in [1.82, 2.24) is 0 Å². The molecule has 4 heteroatoms. The molecule has 2 unspecified atom stereocenters. The molecule has 32 heavy (non-hydrogen) atoms. The molecule has 0 saturated heterocycles. The third kappa shape index (κ3) is 10.1. The van der Waals surface area contributed by atoms with Gasteiger partial charge in [-0.15, -0.1) is 0 Å². The molecule has 174 valence electrons. The summed E-state index contributed by atoms with van der Waals surface area (Å²) in [6, 6.07) is 19.2. The molecule has 0 spiro atoms. The van der Waals surface area contributed by atoms with Gasteiger partial charge in [-0.05, 0) is 23.5 Å². The number of ether oxygens (including phenoxy) is 2. The molecule has 4 nitrogen and oxygen atoms in total. The van der Waals surface area contributed by atoms with E-state index in [2.05, 4.69) is 13.8 Å². The van der Waals surface area contributed by atoms with Crippen LogP contribution in [-0.2, 0) is 32.3 Å². The normalized spacial score (nSPS) is 12.7. The quantitative estimate of drug-likeness (QED) is 0.225. The first-order chi connectivity index (χ1) is 15.6. The maximum absolute atomic E-state index is 13.0. The van der Waals surface area contributed by atoms with Gasteiger partial charge in [0.05, 0.1) is 12.3 Å². The van der Waals surface area contributed by atoms with E-state index in [1.165, 1.54) is 12.8 Å². The molecular formula is C28H38O4. The van der Waals surface area contributed by atoms with Crippen LogP contribution in [0.2, 0.25) is 0 Å². The Labute approximate surface area is 193 Å². The fraction of sp³-hybridized carbons (Fsp3) is 0.500. The third-order valence-corrected chi connectivity index (χ3v) is 5.74. The smallest absolute Gasteiger partial charge is 0.309 e. The Kier molecular flexibility index (Phi) is 12.2. The summed E-state index contributed by atoms with van der Waals surface area (Å²) in [5.41, 5.74) is 1.88. The maximum atomic E-state index is 13.0. The fourth-order valence-corrected chi connectivity index (χ4v) is 3.98. The molecule has 2 aromatic rings. The molecule has 0 saturated carbocycles. The van der Waals surface area contributed by atoms with E-state index in [0.717, 1.165) is 36.8 Å². The Bertz CT molecular complexity index is 773. The van der Waals surface area contributed by atoms with Gasteiger partial charge < -0.3 is 9.47 Å². The van der Waals surface area contributed by atoms with Crippen LogP contribution in [0.3, 0.4) is 0 Å². The molecular weight excluding hydrogens is 400 g/mol. The Balaban J connectivity index is 1.98. The molecule has 0 N–H and O–H groups in total. The van der Waals surface area contributed by atoms with Crippen LogP contribution in [0.15, 0.2) is 60.7 Å². The molecule has 0 fully saturated rings. The number of esters is 2. The Hall–Kier alpha value is -2.62. The summed E-state index contributed by atoms with van der Waals surface area (Å²) in [6.45, 7) is 4.81. The second-order valence-electron chi connectivity index (χ2n) is 8.53. The van der Waals surface area contributed by atoms with Gasteiger partial charge in [-0.3, -0.25) is 9.59 Å². The molecule has 2 rings (SSSR count). The van der Waals surface area contributed by atoms with Crippen LogP contribution in [0.25, 0.3) is 0 Å². The summed E-state index contributed by atoms with van der Waals surface area (Å²) in [4.78, 5) is 25.5. The van der Waals surface area contributed by atoms with Crippen molar-refractivity contribution in [2.45, 2.75) is 78.4 Å². The second kappa shape index (κ2) is 15.2. The van der Waals surface area contributed by atoms with Gasteiger partial charge >= 0.3 is 11.9 Å². The van der Waals surface area contributed by atoms with Crippen molar-refractivity contribution in [3.8, 4) is 0 Å². The average molecular weight is 439 g/mol. The van der Waals surface area contributed by atoms with Gasteiger partial charge in [-0.1, -0.05) is 113 Å². The highest BCUT2D eigenvalue weighted by atomic mass is 16.5. The number of benzene rings is 2. The highest BCUT2D eigenvalue weighted by Crippen LogP contribution is 2.27. The zero-order valence-electron chi connectivity index (χ0n) is 19.6. The first-order valence-electron chi connectivity index (χ1n) is 12.0. The summed E-state index contributed by atoms with van der Waals surface area (Å²) in [5, 5.41) is 0. The lowest BCUT2D eigenvalue weighted by Gasteiger charge is -2.22. The zero-order chi connectivity index (χ0) is 23.0. The zero-order valence-corrected chi connectivity index (χ0v) is 19.6. The van der Waals surface area contributed by atoms with Crippen LogP contribution in [0.5, 0.6) is 0 Å². The third-order valence-electron chi connectivity index (χ3n) is 5.74. The summed E-state index contributed by atoms with van der Waals surface area (Å²) in [6.07, 6.45) is 7.48. The predicted octanol–water partition coefficient (Wildman–Crippen LogP) is 6.87. The molecule has 0 aromatic heterocycles. The minimum absolute atomic E-state index is 0.0639. The van der Waals surface area contributed by atoms with E-state index in [1.54, 1.807) is 0 Å². The van der Waals surface area contributed by atoms with Crippen molar-refractivity contribution < 1.29 is 19.1 Å². The standard InChI is InChI=1S/C28H38O4/c1-3-5-8-14-23(13-4-2)19-26(28(30)32-22-25-17-11-7-12-18-25)20-27(29)31-21-24-15-9-6-10-16-24/h6-7,9-12,15-18,23,26H,3-5,8,13-14,19-22H2,1-2H3. The molecule has 0 heterocycles. The van der Waals surface area contributed by atoms with E-state index >= 15 is 0 Å². The first kappa shape index (κ1) is 25.6. The van der Waals surface area contributed by atoms with E-state index in [0.29, 0.717) is 12.3 Å². The number of unbranched alkanes of at least 4 members (excludes halogenated alkanes) is 2. The van der Waals surface area contributed by atoms with Crippen molar-refractivity contribution in [2.75, 3.05) is 0 Å². The number of hydrogen-bond acceptors (Lipinski definition) is 4. The van der Waals surface area contributed by atoms with Gasteiger partial charge in [0.15, 0.2) is 0 Å². The van der Waals surface area contributed by atoms with Crippen molar-refractivity contribution in [2.24, 2.45) is 11.8 Å². The van der Waals surface area contributed by atoms with Crippen molar-refractivity contribution in [3.05, 3.63) is 71.8 Å². The Morgan fingerprint density at radius 3 is 1.91 bits per heavy atom. The lowest BCUT2D eigenvalue weighted by Crippen LogP contribution is -2.25.